The Bertz CT molecular complexity index is 507. The van der Waals surface area contributed by atoms with Crippen molar-refractivity contribution in [2.45, 2.75) is 83.0 Å². The average Bonchev–Trinajstić information content (AvgIpc) is 3.25. The molecule has 0 bridgehead atoms. The molecule has 22 heavy (non-hydrogen) atoms. The maximum Gasteiger partial charge on any atom is 0.134 e. The minimum absolute atomic E-state index is 0.669. The first-order valence-corrected chi connectivity index (χ1v) is 9.21. The zero-order chi connectivity index (χ0) is 14.9. The minimum atomic E-state index is 0.669. The number of rotatable bonds is 5. The average molecular weight is 303 g/mol. The van der Waals surface area contributed by atoms with E-state index < -0.39 is 0 Å². The zero-order valence-electron chi connectivity index (χ0n) is 13.8. The van der Waals surface area contributed by atoms with Crippen molar-refractivity contribution in [3.8, 4) is 0 Å². The lowest BCUT2D eigenvalue weighted by atomic mass is 10.2. The van der Waals surface area contributed by atoms with Crippen LogP contribution in [0.2, 0.25) is 0 Å². The van der Waals surface area contributed by atoms with E-state index in [0.717, 1.165) is 38.0 Å². The standard InChI is InChI=1S/C17H29N5/c1-13-11-14(12-22(13)15-6-7-15)18-9-8-17-20-19-16-5-3-2-4-10-21(16)17/h13-15,18H,2-12H2,1H3/t13-,14-/m1/s1. The Kier molecular flexibility index (Phi) is 4.18. The molecule has 4 rings (SSSR count). The number of nitrogens with zero attached hydrogens (tertiary/aromatic N) is 4. The van der Waals surface area contributed by atoms with Crippen molar-refractivity contribution in [2.75, 3.05) is 13.1 Å². The fraction of sp³-hybridized carbons (Fsp3) is 0.882. The van der Waals surface area contributed by atoms with Crippen LogP contribution in [0, 0.1) is 0 Å². The summed E-state index contributed by atoms with van der Waals surface area (Å²) in [7, 11) is 0. The first-order chi connectivity index (χ1) is 10.8. The van der Waals surface area contributed by atoms with Crippen LogP contribution in [0.3, 0.4) is 0 Å². The SMILES string of the molecule is C[C@@H]1C[C@@H](NCCc2nnc3n2CCCCC3)CN1C1CC1. The highest BCUT2D eigenvalue weighted by atomic mass is 15.3. The van der Waals surface area contributed by atoms with Crippen LogP contribution in [0.25, 0.3) is 0 Å². The summed E-state index contributed by atoms with van der Waals surface area (Å²) in [5.74, 6) is 2.40. The smallest absolute Gasteiger partial charge is 0.134 e. The van der Waals surface area contributed by atoms with Gasteiger partial charge in [0.05, 0.1) is 0 Å². The van der Waals surface area contributed by atoms with Gasteiger partial charge in [-0.25, -0.2) is 0 Å². The second-order valence-electron chi connectivity index (χ2n) is 7.41. The monoisotopic (exact) mass is 303 g/mol. The van der Waals surface area contributed by atoms with E-state index >= 15 is 0 Å². The molecule has 1 saturated carbocycles. The molecule has 1 aromatic rings. The van der Waals surface area contributed by atoms with E-state index in [1.807, 2.05) is 0 Å². The van der Waals surface area contributed by atoms with Crippen LogP contribution in [0.4, 0.5) is 0 Å². The molecule has 0 unspecified atom stereocenters. The fourth-order valence-corrected chi connectivity index (χ4v) is 4.24. The van der Waals surface area contributed by atoms with Gasteiger partial charge >= 0.3 is 0 Å². The number of nitrogens with one attached hydrogen (secondary N) is 1. The van der Waals surface area contributed by atoms with Gasteiger partial charge in [0.25, 0.3) is 0 Å². The van der Waals surface area contributed by atoms with Crippen LogP contribution in [-0.4, -0.2) is 50.9 Å². The molecule has 1 aromatic heterocycles. The summed E-state index contributed by atoms with van der Waals surface area (Å²) in [4.78, 5) is 2.71. The summed E-state index contributed by atoms with van der Waals surface area (Å²) in [6, 6.07) is 2.32. The normalized spacial score (nSPS) is 29.5. The summed E-state index contributed by atoms with van der Waals surface area (Å²) in [6.45, 7) is 5.78. The molecule has 5 heteroatoms. The van der Waals surface area contributed by atoms with Crippen molar-refractivity contribution < 1.29 is 0 Å². The number of aromatic nitrogens is 3. The van der Waals surface area contributed by atoms with Gasteiger partial charge in [-0.1, -0.05) is 6.42 Å². The van der Waals surface area contributed by atoms with E-state index in [0.29, 0.717) is 6.04 Å². The molecule has 0 amide bonds. The lowest BCUT2D eigenvalue weighted by Gasteiger charge is -2.19. The molecule has 122 valence electrons. The minimum Gasteiger partial charge on any atom is -0.315 e. The Hall–Kier alpha value is -0.940. The Morgan fingerprint density at radius 2 is 2.09 bits per heavy atom. The van der Waals surface area contributed by atoms with Gasteiger partial charge in [0, 0.05) is 50.6 Å². The van der Waals surface area contributed by atoms with Crippen LogP contribution >= 0.6 is 0 Å². The van der Waals surface area contributed by atoms with E-state index in [1.54, 1.807) is 0 Å². The summed E-state index contributed by atoms with van der Waals surface area (Å²) in [6.07, 6.45) is 10.1. The quantitative estimate of drug-likeness (QED) is 0.900. The van der Waals surface area contributed by atoms with Gasteiger partial charge in [0.1, 0.15) is 11.6 Å². The molecule has 0 aromatic carbocycles. The lowest BCUT2D eigenvalue weighted by molar-refractivity contribution is 0.255. The highest BCUT2D eigenvalue weighted by Gasteiger charge is 2.38. The number of aryl methyl sites for hydroxylation is 1. The topological polar surface area (TPSA) is 46.0 Å². The summed E-state index contributed by atoms with van der Waals surface area (Å²) in [5, 5.41) is 12.6. The van der Waals surface area contributed by atoms with Gasteiger partial charge in [-0.2, -0.15) is 0 Å². The van der Waals surface area contributed by atoms with E-state index in [2.05, 4.69) is 31.9 Å². The molecule has 3 heterocycles. The van der Waals surface area contributed by atoms with E-state index in [-0.39, 0.29) is 0 Å². The van der Waals surface area contributed by atoms with Crippen molar-refractivity contribution >= 4 is 0 Å². The highest BCUT2D eigenvalue weighted by Crippen LogP contribution is 2.33. The summed E-state index contributed by atoms with van der Waals surface area (Å²) >= 11 is 0. The number of hydrogen-bond donors (Lipinski definition) is 1. The maximum atomic E-state index is 4.43. The Morgan fingerprint density at radius 1 is 1.18 bits per heavy atom. The van der Waals surface area contributed by atoms with Crippen molar-refractivity contribution in [2.24, 2.45) is 0 Å². The predicted octanol–water partition coefficient (Wildman–Crippen LogP) is 1.76. The molecule has 0 radical (unpaired) electrons. The zero-order valence-corrected chi connectivity index (χ0v) is 13.8. The second-order valence-corrected chi connectivity index (χ2v) is 7.41. The van der Waals surface area contributed by atoms with Gasteiger partial charge in [-0.05, 0) is 39.0 Å². The molecular formula is C17H29N5. The van der Waals surface area contributed by atoms with Gasteiger partial charge in [-0.3, -0.25) is 4.90 Å². The second kappa shape index (κ2) is 6.28. The van der Waals surface area contributed by atoms with Crippen LogP contribution in [-0.2, 0) is 19.4 Å². The molecule has 1 aliphatic carbocycles. The first kappa shape index (κ1) is 14.6. The largest absolute Gasteiger partial charge is 0.315 e. The van der Waals surface area contributed by atoms with Gasteiger partial charge in [0.2, 0.25) is 0 Å². The number of hydrogen-bond acceptors (Lipinski definition) is 4. The molecule has 2 atom stereocenters. The third kappa shape index (κ3) is 3.06. The highest BCUT2D eigenvalue weighted by molar-refractivity contribution is 4.99. The Labute approximate surface area is 133 Å². The predicted molar refractivity (Wildman–Crippen MR) is 86.9 cm³/mol. The molecule has 1 N–H and O–H groups in total. The maximum absolute atomic E-state index is 4.43. The van der Waals surface area contributed by atoms with Gasteiger partial charge in [0.15, 0.2) is 0 Å². The molecule has 2 aliphatic heterocycles. The van der Waals surface area contributed by atoms with Crippen LogP contribution in [0.1, 0.15) is 57.1 Å². The lowest BCUT2D eigenvalue weighted by Crippen LogP contribution is -2.35. The van der Waals surface area contributed by atoms with Crippen LogP contribution in [0.15, 0.2) is 0 Å². The Morgan fingerprint density at radius 3 is 2.95 bits per heavy atom. The number of likely N-dealkylation sites (tertiary alicyclic amines) is 1. The molecule has 0 spiro atoms. The Balaban J connectivity index is 1.28. The third-order valence-electron chi connectivity index (χ3n) is 5.61. The summed E-state index contributed by atoms with van der Waals surface area (Å²) in [5.41, 5.74) is 0. The van der Waals surface area contributed by atoms with E-state index in [4.69, 9.17) is 0 Å². The third-order valence-corrected chi connectivity index (χ3v) is 5.61. The van der Waals surface area contributed by atoms with Crippen molar-refractivity contribution in [1.29, 1.82) is 0 Å². The molecule has 3 aliphatic rings. The molecule has 1 saturated heterocycles. The van der Waals surface area contributed by atoms with Crippen molar-refractivity contribution in [1.82, 2.24) is 25.0 Å². The molecule has 2 fully saturated rings. The molecular weight excluding hydrogens is 274 g/mol. The van der Waals surface area contributed by atoms with Crippen molar-refractivity contribution in [3.63, 3.8) is 0 Å². The van der Waals surface area contributed by atoms with Crippen LogP contribution < -0.4 is 5.32 Å². The van der Waals surface area contributed by atoms with Gasteiger partial charge in [-0.15, -0.1) is 10.2 Å². The van der Waals surface area contributed by atoms with E-state index in [1.165, 1.54) is 56.7 Å². The van der Waals surface area contributed by atoms with E-state index in [9.17, 15) is 0 Å². The summed E-state index contributed by atoms with van der Waals surface area (Å²) < 4.78 is 2.38. The van der Waals surface area contributed by atoms with Crippen molar-refractivity contribution in [3.05, 3.63) is 11.6 Å². The number of fused-ring (bicyclic) bond motifs is 1. The molecule has 5 nitrogen and oxygen atoms in total. The first-order valence-electron chi connectivity index (χ1n) is 9.21. The fourth-order valence-electron chi connectivity index (χ4n) is 4.24. The van der Waals surface area contributed by atoms with Gasteiger partial charge < -0.3 is 9.88 Å². The van der Waals surface area contributed by atoms with Crippen LogP contribution in [0.5, 0.6) is 0 Å².